The first kappa shape index (κ1) is 37.1. The van der Waals surface area contributed by atoms with Gasteiger partial charge < -0.3 is 9.32 Å². The van der Waals surface area contributed by atoms with Gasteiger partial charge in [-0.2, -0.15) is 0 Å². The SMILES string of the molecule is c1ccc(-c2ccc(N(c3ccccc3-c3ccccc3)c3c4ccccc4cc4c3oc3c(-c5nc(-c6ccccc6)nc(-c6ccc7ccccc7c6)n5)cccc34)cc2)cc1. The van der Waals surface area contributed by atoms with Crippen LogP contribution in [0.3, 0.4) is 0 Å². The van der Waals surface area contributed by atoms with Crippen LogP contribution >= 0.6 is 0 Å². The van der Waals surface area contributed by atoms with Crippen LogP contribution in [-0.2, 0) is 0 Å². The summed E-state index contributed by atoms with van der Waals surface area (Å²) in [5, 5.41) is 6.42. The minimum Gasteiger partial charge on any atom is -0.453 e. The molecule has 300 valence electrons. The molecule has 0 atom stereocenters. The van der Waals surface area contributed by atoms with Crippen molar-refractivity contribution in [2.75, 3.05) is 4.90 Å². The van der Waals surface area contributed by atoms with Gasteiger partial charge in [-0.25, -0.2) is 15.0 Å². The lowest BCUT2D eigenvalue weighted by atomic mass is 9.98. The Labute approximate surface area is 370 Å². The van der Waals surface area contributed by atoms with Gasteiger partial charge in [0.05, 0.1) is 16.9 Å². The van der Waals surface area contributed by atoms with Crippen molar-refractivity contribution in [3.8, 4) is 56.4 Å². The van der Waals surface area contributed by atoms with Crippen molar-refractivity contribution in [3.63, 3.8) is 0 Å². The van der Waals surface area contributed by atoms with Crippen molar-refractivity contribution in [1.29, 1.82) is 0 Å². The topological polar surface area (TPSA) is 55.1 Å². The molecule has 0 amide bonds. The molecule has 0 bridgehead atoms. The van der Waals surface area contributed by atoms with Crippen LogP contribution in [0.2, 0.25) is 0 Å². The molecule has 5 nitrogen and oxygen atoms in total. The molecule has 2 heterocycles. The van der Waals surface area contributed by atoms with Gasteiger partial charge in [-0.1, -0.05) is 194 Å². The van der Waals surface area contributed by atoms with Crippen molar-refractivity contribution in [3.05, 3.63) is 231 Å². The Morgan fingerprint density at radius 3 is 1.62 bits per heavy atom. The van der Waals surface area contributed by atoms with E-state index in [1.807, 2.05) is 30.3 Å². The number of furan rings is 1. The highest BCUT2D eigenvalue weighted by Gasteiger charge is 2.26. The molecule has 0 N–H and O–H groups in total. The molecule has 10 aromatic carbocycles. The predicted molar refractivity (Wildman–Crippen MR) is 264 cm³/mol. The van der Waals surface area contributed by atoms with Crippen molar-refractivity contribution in [2.45, 2.75) is 0 Å². The fourth-order valence-electron chi connectivity index (χ4n) is 8.99. The van der Waals surface area contributed by atoms with Gasteiger partial charge in [-0.15, -0.1) is 0 Å². The van der Waals surface area contributed by atoms with Gasteiger partial charge in [-0.05, 0) is 69.2 Å². The van der Waals surface area contributed by atoms with Crippen LogP contribution in [0.25, 0.3) is 99.9 Å². The highest BCUT2D eigenvalue weighted by atomic mass is 16.3. The molecular weight excluding hydrogens is 781 g/mol. The quantitative estimate of drug-likeness (QED) is 0.153. The molecule has 0 saturated heterocycles. The molecule has 0 aliphatic carbocycles. The molecule has 0 radical (unpaired) electrons. The van der Waals surface area contributed by atoms with E-state index in [4.69, 9.17) is 19.4 Å². The zero-order valence-corrected chi connectivity index (χ0v) is 34.6. The largest absolute Gasteiger partial charge is 0.453 e. The first-order valence-corrected chi connectivity index (χ1v) is 21.5. The minimum atomic E-state index is 0.538. The molecule has 5 heteroatoms. The van der Waals surface area contributed by atoms with E-state index in [0.717, 1.165) is 88.3 Å². The number of fused-ring (bicyclic) bond motifs is 5. The number of para-hydroxylation sites is 2. The third-order valence-electron chi connectivity index (χ3n) is 12.1. The van der Waals surface area contributed by atoms with Crippen LogP contribution in [0.5, 0.6) is 0 Å². The molecule has 0 spiro atoms. The lowest BCUT2D eigenvalue weighted by Crippen LogP contribution is -2.12. The number of rotatable bonds is 8. The lowest BCUT2D eigenvalue weighted by molar-refractivity contribution is 0.670. The summed E-state index contributed by atoms with van der Waals surface area (Å²) in [6, 6.07) is 80.6. The maximum Gasteiger partial charge on any atom is 0.167 e. The summed E-state index contributed by atoms with van der Waals surface area (Å²) in [4.78, 5) is 17.8. The van der Waals surface area contributed by atoms with E-state index in [-0.39, 0.29) is 0 Å². The van der Waals surface area contributed by atoms with Crippen LogP contribution in [0.1, 0.15) is 0 Å². The van der Waals surface area contributed by atoms with Crippen LogP contribution in [0.4, 0.5) is 17.1 Å². The average molecular weight is 819 g/mol. The van der Waals surface area contributed by atoms with Gasteiger partial charge in [0.15, 0.2) is 23.1 Å². The second-order valence-electron chi connectivity index (χ2n) is 16.0. The fraction of sp³-hybridized carbons (Fsp3) is 0. The lowest BCUT2D eigenvalue weighted by Gasteiger charge is -2.29. The molecule has 2 aromatic heterocycles. The van der Waals surface area contributed by atoms with E-state index >= 15 is 0 Å². The molecular formula is C59H38N4O. The Bertz CT molecular complexity index is 3660. The summed E-state index contributed by atoms with van der Waals surface area (Å²) in [5.41, 5.74) is 11.6. The van der Waals surface area contributed by atoms with Gasteiger partial charge in [0.25, 0.3) is 0 Å². The number of anilines is 3. The smallest absolute Gasteiger partial charge is 0.167 e. The number of nitrogens with zero attached hydrogens (tertiary/aromatic N) is 4. The van der Waals surface area contributed by atoms with E-state index in [9.17, 15) is 0 Å². The second kappa shape index (κ2) is 15.7. The van der Waals surface area contributed by atoms with E-state index in [0.29, 0.717) is 23.1 Å². The van der Waals surface area contributed by atoms with E-state index in [1.165, 1.54) is 5.56 Å². The second-order valence-corrected chi connectivity index (χ2v) is 16.0. The number of hydrogen-bond acceptors (Lipinski definition) is 5. The van der Waals surface area contributed by atoms with Gasteiger partial charge in [0, 0.05) is 38.5 Å². The molecule has 12 rings (SSSR count). The average Bonchev–Trinajstić information content (AvgIpc) is 3.75. The summed E-state index contributed by atoms with van der Waals surface area (Å²) >= 11 is 0. The third-order valence-corrected chi connectivity index (χ3v) is 12.1. The maximum atomic E-state index is 7.35. The Hall–Kier alpha value is -8.67. The van der Waals surface area contributed by atoms with Crippen LogP contribution in [0, 0.1) is 0 Å². The Kier molecular flexibility index (Phi) is 9.08. The van der Waals surface area contributed by atoms with Crippen molar-refractivity contribution in [1.82, 2.24) is 15.0 Å². The predicted octanol–water partition coefficient (Wildman–Crippen LogP) is 15.9. The summed E-state index contributed by atoms with van der Waals surface area (Å²) in [6.45, 7) is 0. The molecule has 12 aromatic rings. The Morgan fingerprint density at radius 2 is 0.859 bits per heavy atom. The monoisotopic (exact) mass is 818 g/mol. The van der Waals surface area contributed by atoms with E-state index in [1.54, 1.807) is 0 Å². The maximum absolute atomic E-state index is 7.35. The summed E-state index contributed by atoms with van der Waals surface area (Å²) in [6.07, 6.45) is 0. The number of aromatic nitrogens is 3. The summed E-state index contributed by atoms with van der Waals surface area (Å²) in [7, 11) is 0. The number of hydrogen-bond donors (Lipinski definition) is 0. The first-order chi connectivity index (χ1) is 31.7. The first-order valence-electron chi connectivity index (χ1n) is 21.5. The molecule has 0 aliphatic heterocycles. The van der Waals surface area contributed by atoms with Crippen LogP contribution in [0.15, 0.2) is 235 Å². The summed E-state index contributed by atoms with van der Waals surface area (Å²) < 4.78 is 7.35. The number of benzene rings is 10. The summed E-state index contributed by atoms with van der Waals surface area (Å²) in [5.74, 6) is 1.73. The molecule has 0 fully saturated rings. The zero-order chi connectivity index (χ0) is 42.4. The molecule has 64 heavy (non-hydrogen) atoms. The molecule has 0 aliphatic rings. The van der Waals surface area contributed by atoms with Gasteiger partial charge in [0.2, 0.25) is 0 Å². The molecule has 0 unspecified atom stereocenters. The highest BCUT2D eigenvalue weighted by molar-refractivity contribution is 6.21. The zero-order valence-electron chi connectivity index (χ0n) is 34.6. The normalized spacial score (nSPS) is 11.4. The third kappa shape index (κ3) is 6.55. The van der Waals surface area contributed by atoms with Crippen LogP contribution in [-0.4, -0.2) is 15.0 Å². The van der Waals surface area contributed by atoms with Gasteiger partial charge >= 0.3 is 0 Å². The van der Waals surface area contributed by atoms with Crippen molar-refractivity contribution in [2.24, 2.45) is 0 Å². The highest BCUT2D eigenvalue weighted by Crippen LogP contribution is 2.50. The van der Waals surface area contributed by atoms with E-state index < -0.39 is 0 Å². The molecule has 0 saturated carbocycles. The van der Waals surface area contributed by atoms with Gasteiger partial charge in [-0.3, -0.25) is 0 Å². The van der Waals surface area contributed by atoms with Crippen molar-refractivity contribution < 1.29 is 4.42 Å². The Balaban J connectivity index is 1.12. The van der Waals surface area contributed by atoms with Gasteiger partial charge in [0.1, 0.15) is 5.58 Å². The van der Waals surface area contributed by atoms with Crippen molar-refractivity contribution >= 4 is 60.5 Å². The van der Waals surface area contributed by atoms with Crippen LogP contribution < -0.4 is 4.90 Å². The Morgan fingerprint density at radius 1 is 0.312 bits per heavy atom. The standard InChI is InChI=1S/C59H38N4O/c1-4-17-39(18-5-1)41-33-35-47(36-34-41)63(53-30-15-14-26-48(53)42-20-6-2-7-21-42)54-49-27-13-12-25-45(49)38-52-50-28-16-29-51(55(50)64-56(52)54)59-61-57(43-22-8-3-9-23-43)60-58(62-59)46-32-31-40-19-10-11-24-44(40)37-46/h1-38H. The minimum absolute atomic E-state index is 0.538. The van der Waals surface area contributed by atoms with E-state index in [2.05, 4.69) is 205 Å². The fourth-order valence-corrected chi connectivity index (χ4v) is 8.99.